The molecule has 0 heterocycles. The molecule has 0 fully saturated rings. The molecule has 2 rings (SSSR count). The van der Waals surface area contributed by atoms with Crippen molar-refractivity contribution in [3.63, 3.8) is 0 Å². The minimum absolute atomic E-state index is 0.175. The monoisotopic (exact) mass is 338 g/mol. The first-order valence-corrected chi connectivity index (χ1v) is 7.97. The van der Waals surface area contributed by atoms with Crippen LogP contribution in [-0.2, 0) is 0 Å². The van der Waals surface area contributed by atoms with E-state index in [2.05, 4.69) is 0 Å². The minimum atomic E-state index is -0.334. The van der Waals surface area contributed by atoms with E-state index in [-0.39, 0.29) is 11.8 Å². The Morgan fingerprint density at radius 2 is 1.77 bits per heavy atom. The predicted octanol–water partition coefficient (Wildman–Crippen LogP) is 4.72. The van der Waals surface area contributed by atoms with E-state index in [1.54, 1.807) is 37.2 Å². The van der Waals surface area contributed by atoms with Gasteiger partial charge in [-0.15, -0.1) is 11.8 Å². The van der Waals surface area contributed by atoms with Gasteiger partial charge in [-0.3, -0.25) is 4.90 Å². The van der Waals surface area contributed by atoms with Crippen molar-refractivity contribution < 1.29 is 9.18 Å². The van der Waals surface area contributed by atoms with Crippen molar-refractivity contribution in [3.8, 4) is 0 Å². The molecule has 0 atom stereocenters. The van der Waals surface area contributed by atoms with Crippen LogP contribution in [0.15, 0.2) is 53.4 Å². The van der Waals surface area contributed by atoms with E-state index in [1.807, 2.05) is 18.2 Å². The van der Waals surface area contributed by atoms with Crippen LogP contribution in [0.2, 0.25) is 5.02 Å². The summed E-state index contributed by atoms with van der Waals surface area (Å²) in [6.07, 6.45) is 0. The van der Waals surface area contributed by atoms with Gasteiger partial charge in [0.2, 0.25) is 0 Å². The lowest BCUT2D eigenvalue weighted by Crippen LogP contribution is -2.39. The van der Waals surface area contributed by atoms with Crippen molar-refractivity contribution in [2.45, 2.75) is 4.90 Å². The van der Waals surface area contributed by atoms with E-state index in [4.69, 9.17) is 11.6 Å². The molecule has 0 N–H and O–H groups in total. The number of carbonyl (C=O) groups excluding carboxylic acids is 1. The van der Waals surface area contributed by atoms with Gasteiger partial charge in [-0.05, 0) is 36.4 Å². The number of thioether (sulfide) groups is 1. The third-order valence-corrected chi connectivity index (χ3v) is 4.43. The minimum Gasteiger partial charge on any atom is -0.330 e. The molecule has 2 aromatic carbocycles. The lowest BCUT2D eigenvalue weighted by Gasteiger charge is -2.26. The van der Waals surface area contributed by atoms with Crippen LogP contribution in [0.4, 0.5) is 14.9 Å². The van der Waals surface area contributed by atoms with E-state index in [0.29, 0.717) is 16.6 Å². The van der Waals surface area contributed by atoms with Gasteiger partial charge in [0, 0.05) is 24.7 Å². The number of urea groups is 1. The van der Waals surface area contributed by atoms with Gasteiger partial charge < -0.3 is 4.90 Å². The molecule has 0 unspecified atom stereocenters. The van der Waals surface area contributed by atoms with Crippen molar-refractivity contribution in [3.05, 3.63) is 59.4 Å². The Kier molecular flexibility index (Phi) is 5.69. The van der Waals surface area contributed by atoms with Gasteiger partial charge in [-0.2, -0.15) is 0 Å². The first kappa shape index (κ1) is 16.6. The van der Waals surface area contributed by atoms with Crippen LogP contribution in [0.5, 0.6) is 0 Å². The predicted molar refractivity (Wildman–Crippen MR) is 90.1 cm³/mol. The Labute approximate surface area is 138 Å². The van der Waals surface area contributed by atoms with Crippen LogP contribution in [0, 0.1) is 5.82 Å². The molecule has 6 heteroatoms. The standard InChI is InChI=1S/C16H16ClFN2OS/c1-19(2)16(21)20(13-9-7-12(18)8-10-13)11-22-15-6-4-3-5-14(15)17/h3-10H,11H2,1-2H3. The number of benzene rings is 2. The Morgan fingerprint density at radius 3 is 2.36 bits per heavy atom. The van der Waals surface area contributed by atoms with E-state index < -0.39 is 0 Å². The maximum Gasteiger partial charge on any atom is 0.324 e. The average molecular weight is 339 g/mol. The zero-order valence-electron chi connectivity index (χ0n) is 12.3. The second kappa shape index (κ2) is 7.51. The number of hydrogen-bond donors (Lipinski definition) is 0. The van der Waals surface area contributed by atoms with Crippen molar-refractivity contribution in [1.82, 2.24) is 4.90 Å². The largest absolute Gasteiger partial charge is 0.330 e. The van der Waals surface area contributed by atoms with Gasteiger partial charge in [-0.25, -0.2) is 9.18 Å². The van der Waals surface area contributed by atoms with Crippen LogP contribution in [0.3, 0.4) is 0 Å². The second-order valence-corrected chi connectivity index (χ2v) is 6.18. The third kappa shape index (κ3) is 4.15. The van der Waals surface area contributed by atoms with Crippen LogP contribution in [0.25, 0.3) is 0 Å². The SMILES string of the molecule is CN(C)C(=O)N(CSc1ccccc1Cl)c1ccc(F)cc1. The maximum atomic E-state index is 13.1. The Morgan fingerprint density at radius 1 is 1.14 bits per heavy atom. The smallest absolute Gasteiger partial charge is 0.324 e. The van der Waals surface area contributed by atoms with Gasteiger partial charge in [0.1, 0.15) is 5.82 Å². The van der Waals surface area contributed by atoms with Gasteiger partial charge in [0.15, 0.2) is 0 Å². The van der Waals surface area contributed by atoms with Crippen LogP contribution in [-0.4, -0.2) is 30.9 Å². The highest BCUT2D eigenvalue weighted by Crippen LogP contribution is 2.29. The molecule has 22 heavy (non-hydrogen) atoms. The molecule has 2 amide bonds. The molecule has 0 aliphatic rings. The van der Waals surface area contributed by atoms with Crippen LogP contribution in [0.1, 0.15) is 0 Å². The number of halogens is 2. The summed E-state index contributed by atoms with van der Waals surface area (Å²) in [5, 5.41) is 0.642. The number of anilines is 1. The fourth-order valence-corrected chi connectivity index (χ4v) is 3.01. The Balaban J connectivity index is 2.20. The second-order valence-electron chi connectivity index (χ2n) is 4.79. The molecular weight excluding hydrogens is 323 g/mol. The summed E-state index contributed by atoms with van der Waals surface area (Å²) >= 11 is 7.58. The summed E-state index contributed by atoms with van der Waals surface area (Å²) in [7, 11) is 3.36. The molecule has 0 aromatic heterocycles. The number of nitrogens with zero attached hydrogens (tertiary/aromatic N) is 2. The lowest BCUT2D eigenvalue weighted by molar-refractivity contribution is 0.225. The molecule has 0 bridgehead atoms. The molecule has 2 aromatic rings. The number of hydrogen-bond acceptors (Lipinski definition) is 2. The first-order chi connectivity index (χ1) is 10.5. The number of rotatable bonds is 4. The molecule has 3 nitrogen and oxygen atoms in total. The number of carbonyl (C=O) groups is 1. The van der Waals surface area contributed by atoms with E-state index in [1.165, 1.54) is 28.8 Å². The van der Waals surface area contributed by atoms with Gasteiger partial charge in [0.25, 0.3) is 0 Å². The normalized spacial score (nSPS) is 10.4. The van der Waals surface area contributed by atoms with Gasteiger partial charge in [0.05, 0.1) is 10.9 Å². The fourth-order valence-electron chi connectivity index (χ4n) is 1.80. The van der Waals surface area contributed by atoms with Crippen molar-refractivity contribution >= 4 is 35.1 Å². The summed E-state index contributed by atoms with van der Waals surface area (Å²) in [4.78, 5) is 16.3. The fraction of sp³-hybridized carbons (Fsp3) is 0.188. The van der Waals surface area contributed by atoms with Crippen molar-refractivity contribution in [1.29, 1.82) is 0 Å². The highest BCUT2D eigenvalue weighted by Gasteiger charge is 2.18. The Hall–Kier alpha value is -1.72. The molecular formula is C16H16ClFN2OS. The van der Waals surface area contributed by atoms with Gasteiger partial charge >= 0.3 is 6.03 Å². The summed E-state index contributed by atoms with van der Waals surface area (Å²) < 4.78 is 13.1. The van der Waals surface area contributed by atoms with Crippen LogP contribution >= 0.6 is 23.4 Å². The summed E-state index contributed by atoms with van der Waals surface area (Å²) in [5.74, 6) is 0.0478. The lowest BCUT2D eigenvalue weighted by atomic mass is 10.3. The Bertz CT molecular complexity index is 649. The van der Waals surface area contributed by atoms with E-state index in [9.17, 15) is 9.18 Å². The van der Waals surface area contributed by atoms with Crippen molar-refractivity contribution in [2.24, 2.45) is 0 Å². The summed E-state index contributed by atoms with van der Waals surface area (Å²) in [6.45, 7) is 0. The quantitative estimate of drug-likeness (QED) is 0.595. The molecule has 0 aliphatic heterocycles. The summed E-state index contributed by atoms with van der Waals surface area (Å²) in [5.41, 5.74) is 0.639. The summed E-state index contributed by atoms with van der Waals surface area (Å²) in [6, 6.07) is 13.1. The first-order valence-electron chi connectivity index (χ1n) is 6.61. The van der Waals surface area contributed by atoms with Gasteiger partial charge in [-0.1, -0.05) is 23.7 Å². The molecule has 116 valence electrons. The highest BCUT2D eigenvalue weighted by molar-refractivity contribution is 7.99. The zero-order valence-corrected chi connectivity index (χ0v) is 13.9. The maximum absolute atomic E-state index is 13.1. The molecule has 0 saturated carbocycles. The molecule has 0 saturated heterocycles. The highest BCUT2D eigenvalue weighted by atomic mass is 35.5. The van der Waals surface area contributed by atoms with Crippen molar-refractivity contribution in [2.75, 3.05) is 24.9 Å². The molecule has 0 aliphatic carbocycles. The van der Waals surface area contributed by atoms with E-state index in [0.717, 1.165) is 4.90 Å². The topological polar surface area (TPSA) is 23.6 Å². The van der Waals surface area contributed by atoms with Crippen LogP contribution < -0.4 is 4.90 Å². The number of amides is 2. The molecule has 0 radical (unpaired) electrons. The van der Waals surface area contributed by atoms with E-state index >= 15 is 0 Å². The zero-order chi connectivity index (χ0) is 16.1. The third-order valence-electron chi connectivity index (χ3n) is 2.94. The molecule has 0 spiro atoms. The average Bonchev–Trinajstić information content (AvgIpc) is 2.50.